The normalized spacial score (nSPS) is 9.89. The van der Waals surface area contributed by atoms with Crippen LogP contribution in [0.15, 0.2) is 39.8 Å². The van der Waals surface area contributed by atoms with Crippen LogP contribution in [-0.4, -0.2) is 35.0 Å². The highest BCUT2D eigenvalue weighted by atomic mass is 79.9. The van der Waals surface area contributed by atoms with E-state index < -0.39 is 5.97 Å². The van der Waals surface area contributed by atoms with Crippen molar-refractivity contribution >= 4 is 43.7 Å². The molecule has 0 saturated carbocycles. The van der Waals surface area contributed by atoms with Crippen molar-refractivity contribution in [3.63, 3.8) is 0 Å². The molecule has 0 heterocycles. The maximum Gasteiger partial charge on any atom is 0.323 e. The Morgan fingerprint density at radius 1 is 1.39 bits per heavy atom. The third-order valence-corrected chi connectivity index (χ3v) is 3.31. The molecule has 0 saturated heterocycles. The van der Waals surface area contributed by atoms with Crippen LogP contribution < -0.4 is 0 Å². The lowest BCUT2D eigenvalue weighted by Crippen LogP contribution is -2.35. The Morgan fingerprint density at radius 3 is 2.61 bits per heavy atom. The van der Waals surface area contributed by atoms with Gasteiger partial charge in [-0.15, -0.1) is 6.58 Å². The summed E-state index contributed by atoms with van der Waals surface area (Å²) in [5, 5.41) is 8.78. The van der Waals surface area contributed by atoms with E-state index in [2.05, 4.69) is 38.4 Å². The lowest BCUT2D eigenvalue weighted by atomic mass is 10.2. The maximum atomic E-state index is 12.2. The number of hydrogen-bond donors (Lipinski definition) is 1. The monoisotopic (exact) mass is 375 g/mol. The molecule has 1 aromatic rings. The summed E-state index contributed by atoms with van der Waals surface area (Å²) in [5.41, 5.74) is 0.410. The van der Waals surface area contributed by atoms with Gasteiger partial charge in [-0.05, 0) is 34.1 Å². The zero-order valence-corrected chi connectivity index (χ0v) is 12.6. The fraction of sp³-hybridized carbons (Fsp3) is 0.167. The van der Waals surface area contributed by atoms with Crippen molar-refractivity contribution in [3.8, 4) is 0 Å². The van der Waals surface area contributed by atoms with Crippen LogP contribution in [0.3, 0.4) is 0 Å². The Bertz CT molecular complexity index is 488. The summed E-state index contributed by atoms with van der Waals surface area (Å²) in [6.07, 6.45) is 1.49. The van der Waals surface area contributed by atoms with Gasteiger partial charge in [-0.2, -0.15) is 0 Å². The molecule has 0 atom stereocenters. The largest absolute Gasteiger partial charge is 0.480 e. The molecular weight excluding hydrogens is 366 g/mol. The van der Waals surface area contributed by atoms with E-state index in [0.717, 1.165) is 4.47 Å². The summed E-state index contributed by atoms with van der Waals surface area (Å²) in [4.78, 5) is 24.1. The standard InChI is InChI=1S/C12H11Br2NO3/c1-2-5-15(7-11(16)17)12(18)9-6-8(13)3-4-10(9)14/h2-4,6H,1,5,7H2,(H,16,17). The lowest BCUT2D eigenvalue weighted by Gasteiger charge is -2.19. The van der Waals surface area contributed by atoms with E-state index in [9.17, 15) is 9.59 Å². The summed E-state index contributed by atoms with van der Waals surface area (Å²) < 4.78 is 1.37. The smallest absolute Gasteiger partial charge is 0.323 e. The van der Waals surface area contributed by atoms with E-state index in [1.165, 1.54) is 11.0 Å². The molecule has 0 bridgehead atoms. The summed E-state index contributed by atoms with van der Waals surface area (Å²) in [5.74, 6) is -1.42. The van der Waals surface area contributed by atoms with Gasteiger partial charge in [-0.1, -0.05) is 22.0 Å². The highest BCUT2D eigenvalue weighted by Crippen LogP contribution is 2.22. The molecule has 0 unspecified atom stereocenters. The summed E-state index contributed by atoms with van der Waals surface area (Å²) in [6, 6.07) is 5.16. The average Bonchev–Trinajstić information content (AvgIpc) is 2.30. The van der Waals surface area contributed by atoms with Gasteiger partial charge in [0.2, 0.25) is 0 Å². The van der Waals surface area contributed by atoms with E-state index in [1.54, 1.807) is 18.2 Å². The van der Waals surface area contributed by atoms with Crippen LogP contribution in [0.5, 0.6) is 0 Å². The van der Waals surface area contributed by atoms with Crippen molar-refractivity contribution < 1.29 is 14.7 Å². The van der Waals surface area contributed by atoms with E-state index in [4.69, 9.17) is 5.11 Å². The molecule has 0 aliphatic heterocycles. The molecule has 1 rings (SSSR count). The van der Waals surface area contributed by atoms with Crippen LogP contribution in [0.25, 0.3) is 0 Å². The predicted molar refractivity (Wildman–Crippen MR) is 75.6 cm³/mol. The van der Waals surface area contributed by atoms with Crippen LogP contribution in [0.4, 0.5) is 0 Å². The van der Waals surface area contributed by atoms with Gasteiger partial charge in [0.15, 0.2) is 0 Å². The van der Waals surface area contributed by atoms with Crippen LogP contribution in [0.1, 0.15) is 10.4 Å². The van der Waals surface area contributed by atoms with Gasteiger partial charge in [0.25, 0.3) is 5.91 Å². The fourth-order valence-electron chi connectivity index (χ4n) is 1.37. The second-order valence-electron chi connectivity index (χ2n) is 3.49. The van der Waals surface area contributed by atoms with Gasteiger partial charge in [-0.25, -0.2) is 0 Å². The first-order chi connectivity index (χ1) is 8.45. The minimum absolute atomic E-state index is 0.185. The molecule has 0 radical (unpaired) electrons. The van der Waals surface area contributed by atoms with Gasteiger partial charge in [0, 0.05) is 15.5 Å². The first-order valence-corrected chi connectivity index (χ1v) is 6.61. The average molecular weight is 377 g/mol. The maximum absolute atomic E-state index is 12.2. The third kappa shape index (κ3) is 3.96. The Kier molecular flexibility index (Phi) is 5.55. The van der Waals surface area contributed by atoms with Crippen molar-refractivity contribution in [1.82, 2.24) is 4.90 Å². The second kappa shape index (κ2) is 6.70. The Balaban J connectivity index is 3.04. The topological polar surface area (TPSA) is 57.6 Å². The molecule has 0 aliphatic rings. The van der Waals surface area contributed by atoms with Crippen molar-refractivity contribution in [2.75, 3.05) is 13.1 Å². The van der Waals surface area contributed by atoms with Crippen molar-refractivity contribution in [1.29, 1.82) is 0 Å². The highest BCUT2D eigenvalue weighted by molar-refractivity contribution is 9.11. The second-order valence-corrected chi connectivity index (χ2v) is 5.26. The molecule has 6 heteroatoms. The Labute approximate surface area is 122 Å². The van der Waals surface area contributed by atoms with E-state index in [-0.39, 0.29) is 19.0 Å². The summed E-state index contributed by atoms with van der Waals surface area (Å²) in [6.45, 7) is 3.34. The van der Waals surface area contributed by atoms with E-state index in [1.807, 2.05) is 0 Å². The molecule has 96 valence electrons. The minimum atomic E-state index is -1.06. The highest BCUT2D eigenvalue weighted by Gasteiger charge is 2.19. The molecule has 0 aliphatic carbocycles. The molecule has 1 N–H and O–H groups in total. The van der Waals surface area contributed by atoms with Gasteiger partial charge in [-0.3, -0.25) is 9.59 Å². The Hall–Kier alpha value is -1.14. The van der Waals surface area contributed by atoms with Gasteiger partial charge < -0.3 is 10.0 Å². The van der Waals surface area contributed by atoms with E-state index in [0.29, 0.717) is 10.0 Å². The minimum Gasteiger partial charge on any atom is -0.480 e. The molecule has 4 nitrogen and oxygen atoms in total. The number of carboxylic acid groups (broad SMARTS) is 1. The van der Waals surface area contributed by atoms with Crippen LogP contribution in [0.2, 0.25) is 0 Å². The Morgan fingerprint density at radius 2 is 2.06 bits per heavy atom. The van der Waals surface area contributed by atoms with Crippen molar-refractivity contribution in [2.24, 2.45) is 0 Å². The van der Waals surface area contributed by atoms with Crippen LogP contribution >= 0.6 is 31.9 Å². The number of aliphatic carboxylic acids is 1. The number of nitrogens with zero attached hydrogens (tertiary/aromatic N) is 1. The van der Waals surface area contributed by atoms with Gasteiger partial charge in [0.05, 0.1) is 5.56 Å². The number of halogens is 2. The summed E-state index contributed by atoms with van der Waals surface area (Å²) >= 11 is 6.55. The SMILES string of the molecule is C=CCN(CC(=O)O)C(=O)c1cc(Br)ccc1Br. The molecule has 18 heavy (non-hydrogen) atoms. The number of benzene rings is 1. The van der Waals surface area contributed by atoms with Gasteiger partial charge >= 0.3 is 5.97 Å². The van der Waals surface area contributed by atoms with Crippen molar-refractivity contribution in [2.45, 2.75) is 0 Å². The third-order valence-electron chi connectivity index (χ3n) is 2.12. The fourth-order valence-corrected chi connectivity index (χ4v) is 2.15. The summed E-state index contributed by atoms with van der Waals surface area (Å²) in [7, 11) is 0. The number of carbonyl (C=O) groups excluding carboxylic acids is 1. The van der Waals surface area contributed by atoms with Crippen LogP contribution in [0, 0.1) is 0 Å². The first-order valence-electron chi connectivity index (χ1n) is 5.02. The molecule has 1 aromatic carbocycles. The quantitative estimate of drug-likeness (QED) is 0.804. The molecule has 0 fully saturated rings. The number of rotatable bonds is 5. The van der Waals surface area contributed by atoms with E-state index >= 15 is 0 Å². The predicted octanol–water partition coefficient (Wildman–Crippen LogP) is 2.92. The van der Waals surface area contributed by atoms with Crippen LogP contribution in [-0.2, 0) is 4.79 Å². The number of amides is 1. The zero-order valence-electron chi connectivity index (χ0n) is 9.40. The molecule has 0 spiro atoms. The molecule has 0 aromatic heterocycles. The number of hydrogen-bond acceptors (Lipinski definition) is 2. The van der Waals surface area contributed by atoms with Crippen molar-refractivity contribution in [3.05, 3.63) is 45.4 Å². The number of carbonyl (C=O) groups is 2. The zero-order chi connectivity index (χ0) is 13.7. The first kappa shape index (κ1) is 14.9. The lowest BCUT2D eigenvalue weighted by molar-refractivity contribution is -0.137. The number of carboxylic acids is 1. The van der Waals surface area contributed by atoms with Gasteiger partial charge in [0.1, 0.15) is 6.54 Å². The molecular formula is C12H11Br2NO3. The molecule has 1 amide bonds.